The molecule has 2 heteroatoms. The van der Waals surface area contributed by atoms with Gasteiger partial charge in [0.05, 0.1) is 0 Å². The molecule has 0 spiro atoms. The molecule has 2 N–H and O–H groups in total. The second-order valence-electron chi connectivity index (χ2n) is 6.60. The lowest BCUT2D eigenvalue weighted by molar-refractivity contribution is 0.258. The van der Waals surface area contributed by atoms with Gasteiger partial charge in [-0.15, -0.1) is 0 Å². The van der Waals surface area contributed by atoms with Crippen LogP contribution in [0.3, 0.4) is 0 Å². The van der Waals surface area contributed by atoms with Crippen molar-refractivity contribution in [1.29, 1.82) is 0 Å². The molecule has 1 saturated carbocycles. The van der Waals surface area contributed by atoms with E-state index in [0.717, 1.165) is 18.0 Å². The van der Waals surface area contributed by atoms with Crippen LogP contribution in [0.1, 0.15) is 71.6 Å². The van der Waals surface area contributed by atoms with Crippen LogP contribution in [0.4, 0.5) is 0 Å². The minimum absolute atomic E-state index is 0.688. The summed E-state index contributed by atoms with van der Waals surface area (Å²) in [7, 11) is 0. The van der Waals surface area contributed by atoms with Crippen molar-refractivity contribution in [1.82, 2.24) is 10.6 Å². The van der Waals surface area contributed by atoms with Crippen molar-refractivity contribution < 1.29 is 0 Å². The van der Waals surface area contributed by atoms with Gasteiger partial charge in [0.1, 0.15) is 0 Å². The molecule has 1 aliphatic heterocycles. The molecule has 2 atom stereocenters. The lowest BCUT2D eigenvalue weighted by Crippen LogP contribution is -2.41. The molecule has 2 rings (SSSR count). The van der Waals surface area contributed by atoms with E-state index < -0.39 is 0 Å². The van der Waals surface area contributed by atoms with E-state index in [4.69, 9.17) is 0 Å². The van der Waals surface area contributed by atoms with Crippen molar-refractivity contribution in [2.75, 3.05) is 6.54 Å². The molecule has 18 heavy (non-hydrogen) atoms. The van der Waals surface area contributed by atoms with Gasteiger partial charge in [0.25, 0.3) is 0 Å². The standard InChI is InChI=1S/C16H32N2/c1-3-5-14-7-9-15(10-8-14)18-13(2)12-16-6-4-11-17-16/h13-18H,3-12H2,1-2H3. The maximum Gasteiger partial charge on any atom is 0.00822 e. The molecule has 2 unspecified atom stereocenters. The predicted molar refractivity (Wildman–Crippen MR) is 78.9 cm³/mol. The van der Waals surface area contributed by atoms with Crippen LogP contribution in [0, 0.1) is 5.92 Å². The molecule has 2 aliphatic rings. The van der Waals surface area contributed by atoms with E-state index in [-0.39, 0.29) is 0 Å². The Bertz CT molecular complexity index is 215. The van der Waals surface area contributed by atoms with Gasteiger partial charge in [-0.3, -0.25) is 0 Å². The normalized spacial score (nSPS) is 34.7. The Morgan fingerprint density at radius 2 is 1.94 bits per heavy atom. The highest BCUT2D eigenvalue weighted by Gasteiger charge is 2.23. The van der Waals surface area contributed by atoms with Crippen molar-refractivity contribution in [3.05, 3.63) is 0 Å². The minimum atomic E-state index is 0.688. The van der Waals surface area contributed by atoms with Crippen LogP contribution < -0.4 is 10.6 Å². The summed E-state index contributed by atoms with van der Waals surface area (Å²) in [4.78, 5) is 0. The Kier molecular flexibility index (Phi) is 5.97. The number of hydrogen-bond acceptors (Lipinski definition) is 2. The molecule has 0 radical (unpaired) electrons. The monoisotopic (exact) mass is 252 g/mol. The van der Waals surface area contributed by atoms with E-state index in [9.17, 15) is 0 Å². The second-order valence-corrected chi connectivity index (χ2v) is 6.60. The molecular formula is C16H32N2. The molecule has 0 aromatic heterocycles. The first-order valence-electron chi connectivity index (χ1n) is 8.27. The van der Waals surface area contributed by atoms with E-state index in [2.05, 4.69) is 24.5 Å². The third kappa shape index (κ3) is 4.55. The van der Waals surface area contributed by atoms with Crippen molar-refractivity contribution >= 4 is 0 Å². The zero-order chi connectivity index (χ0) is 12.8. The molecular weight excluding hydrogens is 220 g/mol. The van der Waals surface area contributed by atoms with E-state index >= 15 is 0 Å². The largest absolute Gasteiger partial charge is 0.314 e. The van der Waals surface area contributed by atoms with Crippen LogP contribution >= 0.6 is 0 Å². The van der Waals surface area contributed by atoms with Crippen molar-refractivity contribution in [3.63, 3.8) is 0 Å². The Morgan fingerprint density at radius 1 is 1.17 bits per heavy atom. The van der Waals surface area contributed by atoms with Gasteiger partial charge in [-0.25, -0.2) is 0 Å². The number of rotatable bonds is 6. The Balaban J connectivity index is 1.61. The van der Waals surface area contributed by atoms with Crippen molar-refractivity contribution in [2.45, 2.75) is 89.8 Å². The first kappa shape index (κ1) is 14.3. The maximum atomic E-state index is 3.87. The van der Waals surface area contributed by atoms with Crippen LogP contribution in [-0.4, -0.2) is 24.7 Å². The molecule has 0 bridgehead atoms. The summed E-state index contributed by atoms with van der Waals surface area (Å²) in [6.45, 7) is 5.93. The van der Waals surface area contributed by atoms with E-state index in [1.165, 1.54) is 64.3 Å². The van der Waals surface area contributed by atoms with Gasteiger partial charge in [0.2, 0.25) is 0 Å². The summed E-state index contributed by atoms with van der Waals surface area (Å²) < 4.78 is 0. The molecule has 0 aromatic rings. The van der Waals surface area contributed by atoms with Crippen LogP contribution in [0.15, 0.2) is 0 Å². The summed E-state index contributed by atoms with van der Waals surface area (Å²) in [5, 5.41) is 7.48. The van der Waals surface area contributed by atoms with Gasteiger partial charge in [0, 0.05) is 18.1 Å². The Hall–Kier alpha value is -0.0800. The fraction of sp³-hybridized carbons (Fsp3) is 1.00. The van der Waals surface area contributed by atoms with E-state index in [0.29, 0.717) is 6.04 Å². The number of hydrogen-bond donors (Lipinski definition) is 2. The van der Waals surface area contributed by atoms with Gasteiger partial charge < -0.3 is 10.6 Å². The summed E-state index contributed by atoms with van der Waals surface area (Å²) in [5.41, 5.74) is 0. The molecule has 1 aliphatic carbocycles. The molecule has 0 aromatic carbocycles. The van der Waals surface area contributed by atoms with Crippen LogP contribution in [-0.2, 0) is 0 Å². The molecule has 106 valence electrons. The van der Waals surface area contributed by atoms with Crippen LogP contribution in [0.25, 0.3) is 0 Å². The lowest BCUT2D eigenvalue weighted by Gasteiger charge is -2.32. The molecule has 1 heterocycles. The first-order valence-corrected chi connectivity index (χ1v) is 8.27. The van der Waals surface area contributed by atoms with Gasteiger partial charge in [-0.05, 0) is 64.3 Å². The quantitative estimate of drug-likeness (QED) is 0.756. The third-order valence-electron chi connectivity index (χ3n) is 4.86. The van der Waals surface area contributed by atoms with Crippen molar-refractivity contribution in [3.8, 4) is 0 Å². The minimum Gasteiger partial charge on any atom is -0.314 e. The summed E-state index contributed by atoms with van der Waals surface area (Å²) in [6, 6.07) is 2.27. The average molecular weight is 252 g/mol. The summed E-state index contributed by atoms with van der Waals surface area (Å²) in [5.74, 6) is 1.03. The predicted octanol–water partition coefficient (Wildman–Crippen LogP) is 3.47. The van der Waals surface area contributed by atoms with Crippen molar-refractivity contribution in [2.24, 2.45) is 5.92 Å². The summed E-state index contributed by atoms with van der Waals surface area (Å²) >= 11 is 0. The summed E-state index contributed by atoms with van der Waals surface area (Å²) in [6.07, 6.45) is 12.6. The third-order valence-corrected chi connectivity index (χ3v) is 4.86. The highest BCUT2D eigenvalue weighted by atomic mass is 15.0. The maximum absolute atomic E-state index is 3.87. The average Bonchev–Trinajstić information content (AvgIpc) is 2.84. The first-order chi connectivity index (χ1) is 8.78. The van der Waals surface area contributed by atoms with E-state index in [1.807, 2.05) is 0 Å². The SMILES string of the molecule is CCCC1CCC(NC(C)CC2CCCN2)CC1. The van der Waals surface area contributed by atoms with Gasteiger partial charge in [-0.2, -0.15) is 0 Å². The van der Waals surface area contributed by atoms with Gasteiger partial charge in [0.15, 0.2) is 0 Å². The highest BCUT2D eigenvalue weighted by Crippen LogP contribution is 2.28. The molecule has 2 fully saturated rings. The second kappa shape index (κ2) is 7.49. The van der Waals surface area contributed by atoms with Crippen LogP contribution in [0.5, 0.6) is 0 Å². The number of nitrogens with one attached hydrogen (secondary N) is 2. The van der Waals surface area contributed by atoms with Gasteiger partial charge >= 0.3 is 0 Å². The Labute approximate surface area is 113 Å². The fourth-order valence-corrected chi connectivity index (χ4v) is 3.88. The molecule has 2 nitrogen and oxygen atoms in total. The molecule has 1 saturated heterocycles. The smallest absolute Gasteiger partial charge is 0.00822 e. The lowest BCUT2D eigenvalue weighted by atomic mass is 9.83. The Morgan fingerprint density at radius 3 is 2.56 bits per heavy atom. The zero-order valence-electron chi connectivity index (χ0n) is 12.4. The fourth-order valence-electron chi connectivity index (χ4n) is 3.88. The topological polar surface area (TPSA) is 24.1 Å². The van der Waals surface area contributed by atoms with E-state index in [1.54, 1.807) is 0 Å². The molecule has 0 amide bonds. The zero-order valence-corrected chi connectivity index (χ0v) is 12.4. The van der Waals surface area contributed by atoms with Gasteiger partial charge in [-0.1, -0.05) is 19.8 Å². The highest BCUT2D eigenvalue weighted by molar-refractivity contribution is 4.83. The van der Waals surface area contributed by atoms with Crippen LogP contribution in [0.2, 0.25) is 0 Å².